The van der Waals surface area contributed by atoms with Gasteiger partial charge >= 0.3 is 0 Å². The van der Waals surface area contributed by atoms with Gasteiger partial charge < -0.3 is 9.64 Å². The van der Waals surface area contributed by atoms with Crippen molar-refractivity contribution in [1.82, 2.24) is 35.2 Å². The second kappa shape index (κ2) is 6.25. The zero-order valence-corrected chi connectivity index (χ0v) is 14.4. The SMILES string of the molecule is CO[C@@H]1C[C@@H](c2ncn[nH]2)N(c2ccc(-n3nc(C)cc3C)nn2)C1. The Kier molecular flexibility index (Phi) is 3.92. The minimum Gasteiger partial charge on any atom is -0.380 e. The third kappa shape index (κ3) is 2.86. The van der Waals surface area contributed by atoms with Crippen LogP contribution in [-0.2, 0) is 4.74 Å². The van der Waals surface area contributed by atoms with Crippen molar-refractivity contribution in [3.8, 4) is 5.82 Å². The van der Waals surface area contributed by atoms with Gasteiger partial charge in [-0.3, -0.25) is 5.10 Å². The summed E-state index contributed by atoms with van der Waals surface area (Å²) in [6, 6.07) is 5.94. The van der Waals surface area contributed by atoms with Crippen molar-refractivity contribution in [2.75, 3.05) is 18.6 Å². The lowest BCUT2D eigenvalue weighted by molar-refractivity contribution is 0.118. The summed E-state index contributed by atoms with van der Waals surface area (Å²) in [7, 11) is 1.73. The third-order valence-corrected chi connectivity index (χ3v) is 4.50. The molecule has 0 radical (unpaired) electrons. The fourth-order valence-electron chi connectivity index (χ4n) is 3.30. The van der Waals surface area contributed by atoms with E-state index in [0.29, 0.717) is 5.82 Å². The van der Waals surface area contributed by atoms with Crippen LogP contribution in [0.25, 0.3) is 5.82 Å². The smallest absolute Gasteiger partial charge is 0.176 e. The molecule has 3 aromatic rings. The van der Waals surface area contributed by atoms with Crippen LogP contribution < -0.4 is 4.90 Å². The maximum atomic E-state index is 5.54. The van der Waals surface area contributed by atoms with Crippen molar-refractivity contribution in [3.63, 3.8) is 0 Å². The Morgan fingerprint density at radius 2 is 2.00 bits per heavy atom. The van der Waals surface area contributed by atoms with Crippen molar-refractivity contribution >= 4 is 5.82 Å². The Labute approximate surface area is 145 Å². The average Bonchev–Trinajstić information content (AvgIpc) is 3.34. The van der Waals surface area contributed by atoms with E-state index >= 15 is 0 Å². The van der Waals surface area contributed by atoms with Crippen LogP contribution >= 0.6 is 0 Å². The summed E-state index contributed by atoms with van der Waals surface area (Å²) in [4.78, 5) is 6.44. The Hall–Kier alpha value is -2.81. The molecule has 0 bridgehead atoms. The van der Waals surface area contributed by atoms with Crippen molar-refractivity contribution in [2.45, 2.75) is 32.4 Å². The largest absolute Gasteiger partial charge is 0.380 e. The molecule has 4 heterocycles. The van der Waals surface area contributed by atoms with Crippen LogP contribution in [-0.4, -0.2) is 54.9 Å². The van der Waals surface area contributed by atoms with Crippen LogP contribution in [0.1, 0.15) is 29.7 Å². The summed E-state index contributed by atoms with van der Waals surface area (Å²) in [5, 5.41) is 20.1. The van der Waals surface area contributed by atoms with Crippen molar-refractivity contribution < 1.29 is 4.74 Å². The summed E-state index contributed by atoms with van der Waals surface area (Å²) < 4.78 is 7.33. The predicted molar refractivity (Wildman–Crippen MR) is 90.5 cm³/mol. The Bertz CT molecular complexity index is 842. The molecule has 1 aliphatic heterocycles. The Morgan fingerprint density at radius 1 is 1.20 bits per heavy atom. The number of ether oxygens (including phenoxy) is 1. The van der Waals surface area contributed by atoms with E-state index in [4.69, 9.17) is 4.74 Å². The topological polar surface area (TPSA) is 97.6 Å². The summed E-state index contributed by atoms with van der Waals surface area (Å²) in [6.45, 7) is 4.69. The van der Waals surface area contributed by atoms with E-state index < -0.39 is 0 Å². The first-order valence-corrected chi connectivity index (χ1v) is 8.18. The molecule has 0 amide bonds. The molecular weight excluding hydrogens is 320 g/mol. The zero-order chi connectivity index (χ0) is 17.4. The highest BCUT2D eigenvalue weighted by Gasteiger charge is 2.36. The van der Waals surface area contributed by atoms with Gasteiger partial charge in [0.15, 0.2) is 11.6 Å². The number of hydrogen-bond donors (Lipinski definition) is 1. The summed E-state index contributed by atoms with van der Waals surface area (Å²) >= 11 is 0. The number of nitrogens with one attached hydrogen (secondary N) is 1. The molecular formula is C16H20N8O. The minimum atomic E-state index is 0.0429. The van der Waals surface area contributed by atoms with Crippen molar-refractivity contribution in [3.05, 3.63) is 41.7 Å². The van der Waals surface area contributed by atoms with Crippen molar-refractivity contribution in [1.29, 1.82) is 0 Å². The van der Waals surface area contributed by atoms with E-state index in [1.807, 2.05) is 32.0 Å². The van der Waals surface area contributed by atoms with Gasteiger partial charge in [-0.05, 0) is 32.0 Å². The molecule has 1 aliphatic rings. The highest BCUT2D eigenvalue weighted by Crippen LogP contribution is 2.34. The fourth-order valence-corrected chi connectivity index (χ4v) is 3.30. The maximum absolute atomic E-state index is 5.54. The van der Waals surface area contributed by atoms with E-state index in [1.54, 1.807) is 11.8 Å². The van der Waals surface area contributed by atoms with Crippen molar-refractivity contribution in [2.24, 2.45) is 0 Å². The Morgan fingerprint density at radius 3 is 2.60 bits per heavy atom. The first-order chi connectivity index (χ1) is 12.2. The molecule has 1 N–H and O–H groups in total. The first-order valence-electron chi connectivity index (χ1n) is 8.18. The van der Waals surface area contributed by atoms with Crippen LogP contribution in [0.4, 0.5) is 5.82 Å². The number of rotatable bonds is 4. The van der Waals surface area contributed by atoms with E-state index in [2.05, 4.69) is 35.4 Å². The molecule has 1 fully saturated rings. The quantitative estimate of drug-likeness (QED) is 0.766. The normalized spacial score (nSPS) is 20.4. The number of aromatic amines is 1. The highest BCUT2D eigenvalue weighted by molar-refractivity contribution is 5.44. The predicted octanol–water partition coefficient (Wildman–Crippen LogP) is 1.36. The van der Waals surface area contributed by atoms with Gasteiger partial charge in [0.05, 0.1) is 17.8 Å². The molecule has 130 valence electrons. The maximum Gasteiger partial charge on any atom is 0.176 e. The van der Waals surface area contributed by atoms with Gasteiger partial charge in [-0.15, -0.1) is 10.2 Å². The molecule has 0 unspecified atom stereocenters. The highest BCUT2D eigenvalue weighted by atomic mass is 16.5. The van der Waals surface area contributed by atoms with Gasteiger partial charge in [0, 0.05) is 25.8 Å². The molecule has 4 rings (SSSR count). The average molecular weight is 340 g/mol. The zero-order valence-electron chi connectivity index (χ0n) is 14.4. The third-order valence-electron chi connectivity index (χ3n) is 4.50. The van der Waals surface area contributed by atoms with Gasteiger partial charge in [0.25, 0.3) is 0 Å². The molecule has 0 aromatic carbocycles. The lowest BCUT2D eigenvalue weighted by Crippen LogP contribution is -2.26. The summed E-state index contributed by atoms with van der Waals surface area (Å²) in [5.41, 5.74) is 1.98. The molecule has 9 nitrogen and oxygen atoms in total. The lowest BCUT2D eigenvalue weighted by Gasteiger charge is -2.23. The molecule has 1 saturated heterocycles. The number of hydrogen-bond acceptors (Lipinski definition) is 7. The number of anilines is 1. The number of aromatic nitrogens is 7. The molecule has 0 aliphatic carbocycles. The minimum absolute atomic E-state index is 0.0429. The number of H-pyrrole nitrogens is 1. The standard InChI is InChI=1S/C16H20N8O/c1-10-6-11(2)24(22-10)15-5-4-14(19-20-15)23-8-12(25-3)7-13(23)16-17-9-18-21-16/h4-6,9,12-13H,7-8H2,1-3H3,(H,17,18,21)/t12-,13+/m1/s1. The number of methoxy groups -OCH3 is 1. The number of nitrogens with zero attached hydrogens (tertiary/aromatic N) is 7. The van der Waals surface area contributed by atoms with Gasteiger partial charge in [-0.2, -0.15) is 10.2 Å². The van der Waals surface area contributed by atoms with E-state index in [1.165, 1.54) is 6.33 Å². The van der Waals surface area contributed by atoms with Gasteiger partial charge in [0.2, 0.25) is 0 Å². The van der Waals surface area contributed by atoms with E-state index in [-0.39, 0.29) is 12.1 Å². The summed E-state index contributed by atoms with van der Waals surface area (Å²) in [6.07, 6.45) is 2.46. The molecule has 25 heavy (non-hydrogen) atoms. The molecule has 2 atom stereocenters. The fraction of sp³-hybridized carbons (Fsp3) is 0.438. The van der Waals surface area contributed by atoms with Gasteiger partial charge in [0.1, 0.15) is 12.2 Å². The van der Waals surface area contributed by atoms with Crippen LogP contribution in [0.15, 0.2) is 24.5 Å². The van der Waals surface area contributed by atoms with Crippen LogP contribution in [0, 0.1) is 13.8 Å². The molecule has 0 saturated carbocycles. The second-order valence-electron chi connectivity index (χ2n) is 6.22. The number of aryl methyl sites for hydroxylation is 2. The molecule has 9 heteroatoms. The lowest BCUT2D eigenvalue weighted by atomic mass is 10.2. The van der Waals surface area contributed by atoms with Gasteiger partial charge in [-0.1, -0.05) is 0 Å². The van der Waals surface area contributed by atoms with Crippen LogP contribution in [0.5, 0.6) is 0 Å². The monoisotopic (exact) mass is 340 g/mol. The van der Waals surface area contributed by atoms with E-state index in [9.17, 15) is 0 Å². The first kappa shape index (κ1) is 15.7. The Balaban J connectivity index is 1.63. The second-order valence-corrected chi connectivity index (χ2v) is 6.22. The van der Waals surface area contributed by atoms with Crippen LogP contribution in [0.2, 0.25) is 0 Å². The molecule has 0 spiro atoms. The van der Waals surface area contributed by atoms with E-state index in [0.717, 1.165) is 36.0 Å². The van der Waals surface area contributed by atoms with Crippen LogP contribution in [0.3, 0.4) is 0 Å². The molecule has 3 aromatic heterocycles. The van der Waals surface area contributed by atoms with Gasteiger partial charge in [-0.25, -0.2) is 9.67 Å². The summed E-state index contributed by atoms with van der Waals surface area (Å²) in [5.74, 6) is 2.29.